The van der Waals surface area contributed by atoms with E-state index in [0.29, 0.717) is 0 Å². The van der Waals surface area contributed by atoms with E-state index < -0.39 is 17.3 Å². The molecule has 0 saturated heterocycles. The minimum atomic E-state index is -1.39. The summed E-state index contributed by atoms with van der Waals surface area (Å²) in [5, 5.41) is 11.0. The number of anilines is 1. The number of carboxylic acids is 1. The highest BCUT2D eigenvalue weighted by Gasteiger charge is 2.14. The lowest BCUT2D eigenvalue weighted by molar-refractivity contribution is 0.0692. The molecule has 1 aromatic rings. The molecule has 4 N–H and O–H groups in total. The van der Waals surface area contributed by atoms with Gasteiger partial charge in [0, 0.05) is 0 Å². The zero-order valence-corrected chi connectivity index (χ0v) is 8.82. The molecule has 0 amide bonds. The van der Waals surface area contributed by atoms with Gasteiger partial charge < -0.3 is 16.2 Å². The summed E-state index contributed by atoms with van der Waals surface area (Å²) in [6, 6.07) is 1.91. The Labute approximate surface area is 94.8 Å². The first-order valence-corrected chi connectivity index (χ1v) is 4.49. The van der Waals surface area contributed by atoms with Crippen molar-refractivity contribution in [3.63, 3.8) is 0 Å². The maximum absolute atomic E-state index is 13.1. The first-order chi connectivity index (χ1) is 6.91. The normalized spacial score (nSPS) is 9.73. The second-order valence-electron chi connectivity index (χ2n) is 2.61. The van der Waals surface area contributed by atoms with Crippen LogP contribution in [0.3, 0.4) is 0 Å². The monoisotopic (exact) mass is 248 g/mol. The van der Waals surface area contributed by atoms with Gasteiger partial charge in [0.05, 0.1) is 16.3 Å². The zero-order valence-electron chi connectivity index (χ0n) is 7.25. The van der Waals surface area contributed by atoms with Gasteiger partial charge in [0.1, 0.15) is 5.82 Å². The molecule has 0 aromatic heterocycles. The third-order valence-corrected chi connectivity index (χ3v) is 1.96. The SMILES string of the molecule is NC(=S)Nc1cc(C(=O)O)c(F)cc1Cl. The molecule has 7 heteroatoms. The number of carbonyl (C=O) groups is 1. The molecule has 80 valence electrons. The highest BCUT2D eigenvalue weighted by molar-refractivity contribution is 7.80. The van der Waals surface area contributed by atoms with E-state index in [2.05, 4.69) is 17.5 Å². The van der Waals surface area contributed by atoms with Crippen molar-refractivity contribution in [2.45, 2.75) is 0 Å². The van der Waals surface area contributed by atoms with Crippen molar-refractivity contribution in [2.75, 3.05) is 5.32 Å². The summed E-state index contributed by atoms with van der Waals surface area (Å²) in [5.41, 5.74) is 4.83. The van der Waals surface area contributed by atoms with Crippen LogP contribution in [-0.2, 0) is 0 Å². The quantitative estimate of drug-likeness (QED) is 0.697. The standard InChI is InChI=1S/C8H6ClFN2O2S/c9-4-2-5(10)3(7(13)14)1-6(4)12-8(11)15/h1-2H,(H,13,14)(H3,11,12,15). The molecule has 0 heterocycles. The lowest BCUT2D eigenvalue weighted by atomic mass is 10.2. The van der Waals surface area contributed by atoms with Crippen LogP contribution in [0, 0.1) is 5.82 Å². The van der Waals surface area contributed by atoms with Crippen LogP contribution in [0.15, 0.2) is 12.1 Å². The van der Waals surface area contributed by atoms with Crippen LogP contribution in [0.2, 0.25) is 5.02 Å². The van der Waals surface area contributed by atoms with E-state index in [1.807, 2.05) is 0 Å². The van der Waals surface area contributed by atoms with Gasteiger partial charge in [0.2, 0.25) is 0 Å². The minimum Gasteiger partial charge on any atom is -0.478 e. The molecule has 0 aliphatic carbocycles. The van der Waals surface area contributed by atoms with Gasteiger partial charge in [-0.1, -0.05) is 11.6 Å². The van der Waals surface area contributed by atoms with E-state index >= 15 is 0 Å². The summed E-state index contributed by atoms with van der Waals surface area (Å²) in [7, 11) is 0. The largest absolute Gasteiger partial charge is 0.478 e. The third-order valence-electron chi connectivity index (χ3n) is 1.55. The Hall–Kier alpha value is -1.40. The molecule has 0 fully saturated rings. The number of thiocarbonyl (C=S) groups is 1. The van der Waals surface area contributed by atoms with Crippen LogP contribution in [0.1, 0.15) is 10.4 Å². The van der Waals surface area contributed by atoms with Crippen LogP contribution < -0.4 is 11.1 Å². The summed E-state index contributed by atoms with van der Waals surface area (Å²) in [6.07, 6.45) is 0. The maximum Gasteiger partial charge on any atom is 0.338 e. The first-order valence-electron chi connectivity index (χ1n) is 3.70. The number of aromatic carboxylic acids is 1. The number of hydrogen-bond donors (Lipinski definition) is 3. The second kappa shape index (κ2) is 4.41. The Morgan fingerprint density at radius 3 is 2.67 bits per heavy atom. The van der Waals surface area contributed by atoms with Crippen molar-refractivity contribution in [3.8, 4) is 0 Å². The van der Waals surface area contributed by atoms with E-state index in [1.54, 1.807) is 0 Å². The molecule has 1 rings (SSSR count). The average Bonchev–Trinajstić information content (AvgIpc) is 2.08. The first kappa shape index (κ1) is 11.7. The zero-order chi connectivity index (χ0) is 11.6. The van der Waals surface area contributed by atoms with Gasteiger partial charge in [0.15, 0.2) is 5.11 Å². The van der Waals surface area contributed by atoms with Gasteiger partial charge in [-0.05, 0) is 24.4 Å². The fourth-order valence-electron chi connectivity index (χ4n) is 0.941. The Balaban J connectivity index is 3.23. The van der Waals surface area contributed by atoms with Crippen LogP contribution >= 0.6 is 23.8 Å². The van der Waals surface area contributed by atoms with Crippen molar-refractivity contribution >= 4 is 40.6 Å². The van der Waals surface area contributed by atoms with Crippen molar-refractivity contribution in [2.24, 2.45) is 5.73 Å². The number of halogens is 2. The van der Waals surface area contributed by atoms with Gasteiger partial charge in [-0.25, -0.2) is 9.18 Å². The fraction of sp³-hybridized carbons (Fsp3) is 0. The molecule has 0 radical (unpaired) electrons. The predicted octanol–water partition coefficient (Wildman–Crippen LogP) is 1.83. The van der Waals surface area contributed by atoms with Crippen molar-refractivity contribution in [1.29, 1.82) is 0 Å². The van der Waals surface area contributed by atoms with Gasteiger partial charge in [0.25, 0.3) is 0 Å². The summed E-state index contributed by atoms with van der Waals surface area (Å²) < 4.78 is 13.1. The Bertz CT molecular complexity index is 439. The molecule has 4 nitrogen and oxygen atoms in total. The van der Waals surface area contributed by atoms with Gasteiger partial charge in [-0.15, -0.1) is 0 Å². The molecular weight excluding hydrogens is 243 g/mol. The topological polar surface area (TPSA) is 75.3 Å². The summed E-state index contributed by atoms with van der Waals surface area (Å²) >= 11 is 10.2. The van der Waals surface area contributed by atoms with Crippen molar-refractivity contribution < 1.29 is 14.3 Å². The third kappa shape index (κ3) is 2.77. The van der Waals surface area contributed by atoms with E-state index in [1.165, 1.54) is 0 Å². The predicted molar refractivity (Wildman–Crippen MR) is 58.8 cm³/mol. The summed E-state index contributed by atoms with van der Waals surface area (Å²) in [6.45, 7) is 0. The fourth-order valence-corrected chi connectivity index (χ4v) is 1.25. The molecule has 0 atom stereocenters. The average molecular weight is 249 g/mol. The second-order valence-corrected chi connectivity index (χ2v) is 3.45. The van der Waals surface area contributed by atoms with Crippen LogP contribution in [0.5, 0.6) is 0 Å². The summed E-state index contributed by atoms with van der Waals surface area (Å²) in [4.78, 5) is 10.6. The molecule has 1 aromatic carbocycles. The number of rotatable bonds is 2. The Morgan fingerprint density at radius 1 is 1.60 bits per heavy atom. The maximum atomic E-state index is 13.1. The molecule has 0 saturated carbocycles. The van der Waals surface area contributed by atoms with Crippen LogP contribution in [0.4, 0.5) is 10.1 Å². The van der Waals surface area contributed by atoms with Crippen molar-refractivity contribution in [1.82, 2.24) is 0 Å². The Kier molecular flexibility index (Phi) is 3.43. The van der Waals surface area contributed by atoms with E-state index in [4.69, 9.17) is 22.4 Å². The highest BCUT2D eigenvalue weighted by atomic mass is 35.5. The van der Waals surface area contributed by atoms with Crippen LogP contribution in [0.25, 0.3) is 0 Å². The van der Waals surface area contributed by atoms with E-state index in [9.17, 15) is 9.18 Å². The molecule has 15 heavy (non-hydrogen) atoms. The number of benzene rings is 1. The van der Waals surface area contributed by atoms with Gasteiger partial charge in [-0.2, -0.15) is 0 Å². The van der Waals surface area contributed by atoms with Crippen LogP contribution in [-0.4, -0.2) is 16.2 Å². The smallest absolute Gasteiger partial charge is 0.338 e. The number of nitrogens with two attached hydrogens (primary N) is 1. The number of hydrogen-bond acceptors (Lipinski definition) is 2. The summed E-state index contributed by atoms with van der Waals surface area (Å²) in [5.74, 6) is -2.31. The van der Waals surface area contributed by atoms with E-state index in [0.717, 1.165) is 12.1 Å². The molecule has 0 aliphatic heterocycles. The lowest BCUT2D eigenvalue weighted by Crippen LogP contribution is -2.19. The number of carboxylic acid groups (broad SMARTS) is 1. The lowest BCUT2D eigenvalue weighted by Gasteiger charge is -2.07. The van der Waals surface area contributed by atoms with E-state index in [-0.39, 0.29) is 15.8 Å². The Morgan fingerprint density at radius 2 is 2.20 bits per heavy atom. The van der Waals surface area contributed by atoms with Crippen molar-refractivity contribution in [3.05, 3.63) is 28.5 Å². The molecule has 0 unspecified atom stereocenters. The van der Waals surface area contributed by atoms with Gasteiger partial charge >= 0.3 is 5.97 Å². The molecule has 0 spiro atoms. The highest BCUT2D eigenvalue weighted by Crippen LogP contribution is 2.25. The van der Waals surface area contributed by atoms with Gasteiger partial charge in [-0.3, -0.25) is 0 Å². The minimum absolute atomic E-state index is 0.00491. The molecule has 0 aliphatic rings. The molecule has 0 bridgehead atoms. The molecular formula is C8H6ClFN2O2S. The number of nitrogens with one attached hydrogen (secondary N) is 1.